The Morgan fingerprint density at radius 1 is 1.19 bits per heavy atom. The summed E-state index contributed by atoms with van der Waals surface area (Å²) < 4.78 is 11.3. The molecule has 136 valence electrons. The first kappa shape index (κ1) is 19.5. The van der Waals surface area contributed by atoms with Gasteiger partial charge in [0.1, 0.15) is 6.61 Å². The maximum atomic E-state index is 5.92. The third-order valence-electron chi connectivity index (χ3n) is 3.49. The minimum Gasteiger partial charge on any atom is -0.493 e. The third-order valence-corrected chi connectivity index (χ3v) is 3.72. The normalized spacial score (nSPS) is 10.4. The average molecular weight is 369 g/mol. The largest absolute Gasteiger partial charge is 0.493 e. The van der Waals surface area contributed by atoms with E-state index in [9.17, 15) is 0 Å². The van der Waals surface area contributed by atoms with Crippen molar-refractivity contribution in [2.45, 2.75) is 13.5 Å². The van der Waals surface area contributed by atoms with Crippen molar-refractivity contribution in [2.24, 2.45) is 5.10 Å². The molecule has 5 nitrogen and oxygen atoms in total. The van der Waals surface area contributed by atoms with Crippen molar-refractivity contribution in [3.8, 4) is 11.5 Å². The first-order valence-electron chi connectivity index (χ1n) is 8.16. The summed E-state index contributed by atoms with van der Waals surface area (Å²) in [5.41, 5.74) is 5.93. The van der Waals surface area contributed by atoms with Crippen molar-refractivity contribution < 1.29 is 9.47 Å². The number of methoxy groups -OCH3 is 1. The van der Waals surface area contributed by atoms with Crippen molar-refractivity contribution in [3.05, 3.63) is 71.8 Å². The SMILES string of the molecule is C=CCNC(=S)N/N=C/c1ccc(OC)c(OCc2ccc(C)cc2)c1. The van der Waals surface area contributed by atoms with Crippen LogP contribution in [-0.4, -0.2) is 25.0 Å². The van der Waals surface area contributed by atoms with Gasteiger partial charge in [-0.25, -0.2) is 0 Å². The number of nitrogens with one attached hydrogen (secondary N) is 2. The van der Waals surface area contributed by atoms with Gasteiger partial charge in [-0.05, 0) is 48.5 Å². The molecule has 2 N–H and O–H groups in total. The van der Waals surface area contributed by atoms with Gasteiger partial charge in [0.15, 0.2) is 16.6 Å². The molecule has 0 unspecified atom stereocenters. The van der Waals surface area contributed by atoms with Crippen molar-refractivity contribution in [1.82, 2.24) is 10.7 Å². The number of rotatable bonds is 8. The molecule has 0 atom stereocenters. The lowest BCUT2D eigenvalue weighted by Crippen LogP contribution is -2.31. The Morgan fingerprint density at radius 3 is 2.65 bits per heavy atom. The molecule has 0 saturated carbocycles. The van der Waals surface area contributed by atoms with Gasteiger partial charge < -0.3 is 14.8 Å². The van der Waals surface area contributed by atoms with Gasteiger partial charge in [0, 0.05) is 6.54 Å². The Morgan fingerprint density at radius 2 is 1.96 bits per heavy atom. The van der Waals surface area contributed by atoms with Gasteiger partial charge in [-0.2, -0.15) is 5.10 Å². The summed E-state index contributed by atoms with van der Waals surface area (Å²) in [6, 6.07) is 13.8. The Bertz CT molecular complexity index is 773. The number of hydrogen-bond donors (Lipinski definition) is 2. The molecule has 0 fully saturated rings. The van der Waals surface area contributed by atoms with E-state index in [0.29, 0.717) is 29.8 Å². The molecule has 0 aliphatic heterocycles. The molecule has 2 rings (SSSR count). The summed E-state index contributed by atoms with van der Waals surface area (Å²) in [5, 5.41) is 7.48. The molecule has 0 bridgehead atoms. The number of hydrogen-bond acceptors (Lipinski definition) is 4. The zero-order valence-corrected chi connectivity index (χ0v) is 15.8. The van der Waals surface area contributed by atoms with Crippen LogP contribution in [0.4, 0.5) is 0 Å². The summed E-state index contributed by atoms with van der Waals surface area (Å²) in [7, 11) is 1.62. The Labute approximate surface area is 159 Å². The van der Waals surface area contributed by atoms with Crippen LogP contribution in [0.5, 0.6) is 11.5 Å². The van der Waals surface area contributed by atoms with Crippen molar-refractivity contribution in [1.29, 1.82) is 0 Å². The first-order valence-corrected chi connectivity index (χ1v) is 8.57. The predicted molar refractivity (Wildman–Crippen MR) is 110 cm³/mol. The van der Waals surface area contributed by atoms with Gasteiger partial charge in [-0.15, -0.1) is 6.58 Å². The monoisotopic (exact) mass is 369 g/mol. The zero-order chi connectivity index (χ0) is 18.8. The standard InChI is InChI=1S/C20H23N3O2S/c1-4-11-21-20(26)23-22-13-17-9-10-18(24-3)19(12-17)25-14-16-7-5-15(2)6-8-16/h4-10,12-13H,1,11,14H2,2-3H3,(H2,21,23,26)/b22-13+. The molecule has 0 heterocycles. The minimum absolute atomic E-state index is 0.436. The van der Waals surface area contributed by atoms with E-state index in [0.717, 1.165) is 11.1 Å². The number of benzene rings is 2. The molecule has 2 aromatic rings. The maximum Gasteiger partial charge on any atom is 0.187 e. The Kier molecular flexibility index (Phi) is 7.64. The highest BCUT2D eigenvalue weighted by molar-refractivity contribution is 7.80. The highest BCUT2D eigenvalue weighted by Gasteiger charge is 2.06. The van der Waals surface area contributed by atoms with E-state index in [1.165, 1.54) is 5.56 Å². The van der Waals surface area contributed by atoms with Crippen LogP contribution in [0, 0.1) is 6.92 Å². The van der Waals surface area contributed by atoms with Crippen LogP contribution in [0.2, 0.25) is 0 Å². The zero-order valence-electron chi connectivity index (χ0n) is 15.0. The fourth-order valence-corrected chi connectivity index (χ4v) is 2.24. The quantitative estimate of drug-likeness (QED) is 0.322. The fraction of sp³-hybridized carbons (Fsp3) is 0.200. The number of aryl methyl sites for hydroxylation is 1. The lowest BCUT2D eigenvalue weighted by atomic mass is 10.1. The Balaban J connectivity index is 2.01. The van der Waals surface area contributed by atoms with Crippen LogP contribution < -0.4 is 20.2 Å². The van der Waals surface area contributed by atoms with Crippen LogP contribution in [0.25, 0.3) is 0 Å². The fourth-order valence-electron chi connectivity index (χ4n) is 2.10. The second-order valence-corrected chi connectivity index (χ2v) is 5.96. The number of hydrazone groups is 1. The number of ether oxygens (including phenoxy) is 2. The van der Waals surface area contributed by atoms with Gasteiger partial charge >= 0.3 is 0 Å². The second kappa shape index (κ2) is 10.2. The van der Waals surface area contributed by atoms with E-state index in [4.69, 9.17) is 21.7 Å². The lowest BCUT2D eigenvalue weighted by molar-refractivity contribution is 0.284. The summed E-state index contributed by atoms with van der Waals surface area (Å²) in [5.74, 6) is 1.33. The van der Waals surface area contributed by atoms with E-state index in [1.807, 2.05) is 30.3 Å². The summed E-state index contributed by atoms with van der Waals surface area (Å²) in [6.07, 6.45) is 3.39. The molecule has 0 aromatic heterocycles. The smallest absolute Gasteiger partial charge is 0.187 e. The first-order chi connectivity index (χ1) is 12.6. The molecular weight excluding hydrogens is 346 g/mol. The topological polar surface area (TPSA) is 54.9 Å². The molecular formula is C20H23N3O2S. The predicted octanol–water partition coefficient (Wildman–Crippen LogP) is 3.57. The molecule has 0 aliphatic carbocycles. The van der Waals surface area contributed by atoms with Crippen LogP contribution >= 0.6 is 12.2 Å². The summed E-state index contributed by atoms with van der Waals surface area (Å²) in [4.78, 5) is 0. The molecule has 0 aliphatic rings. The molecule has 26 heavy (non-hydrogen) atoms. The highest BCUT2D eigenvalue weighted by Crippen LogP contribution is 2.28. The van der Waals surface area contributed by atoms with E-state index in [-0.39, 0.29) is 0 Å². The van der Waals surface area contributed by atoms with Gasteiger partial charge in [0.05, 0.1) is 13.3 Å². The van der Waals surface area contributed by atoms with Gasteiger partial charge in [-0.1, -0.05) is 35.9 Å². The van der Waals surface area contributed by atoms with Crippen LogP contribution in [-0.2, 0) is 6.61 Å². The van der Waals surface area contributed by atoms with E-state index in [1.54, 1.807) is 19.4 Å². The van der Waals surface area contributed by atoms with E-state index >= 15 is 0 Å². The van der Waals surface area contributed by atoms with Crippen LogP contribution in [0.15, 0.2) is 60.2 Å². The highest BCUT2D eigenvalue weighted by atomic mass is 32.1. The van der Waals surface area contributed by atoms with Gasteiger partial charge in [0.25, 0.3) is 0 Å². The number of thiocarbonyl (C=S) groups is 1. The van der Waals surface area contributed by atoms with Crippen LogP contribution in [0.3, 0.4) is 0 Å². The molecule has 0 spiro atoms. The van der Waals surface area contributed by atoms with Crippen molar-refractivity contribution in [2.75, 3.05) is 13.7 Å². The Hall–Kier alpha value is -2.86. The molecule has 6 heteroatoms. The minimum atomic E-state index is 0.436. The van der Waals surface area contributed by atoms with Gasteiger partial charge in [0.2, 0.25) is 0 Å². The number of nitrogens with zero attached hydrogens (tertiary/aromatic N) is 1. The van der Waals surface area contributed by atoms with E-state index < -0.39 is 0 Å². The van der Waals surface area contributed by atoms with Gasteiger partial charge in [-0.3, -0.25) is 5.43 Å². The lowest BCUT2D eigenvalue weighted by Gasteiger charge is -2.11. The average Bonchev–Trinajstić information content (AvgIpc) is 2.66. The summed E-state index contributed by atoms with van der Waals surface area (Å²) >= 11 is 5.08. The van der Waals surface area contributed by atoms with Crippen molar-refractivity contribution >= 4 is 23.5 Å². The molecule has 0 saturated heterocycles. The van der Waals surface area contributed by atoms with Crippen molar-refractivity contribution in [3.63, 3.8) is 0 Å². The summed E-state index contributed by atoms with van der Waals surface area (Å²) in [6.45, 7) is 6.72. The van der Waals surface area contributed by atoms with E-state index in [2.05, 4.69) is 41.5 Å². The molecule has 0 radical (unpaired) electrons. The third kappa shape index (κ3) is 6.22. The van der Waals surface area contributed by atoms with Crippen LogP contribution in [0.1, 0.15) is 16.7 Å². The molecule has 2 aromatic carbocycles. The molecule has 0 amide bonds. The second-order valence-electron chi connectivity index (χ2n) is 5.55. The maximum absolute atomic E-state index is 5.92.